The van der Waals surface area contributed by atoms with Crippen molar-refractivity contribution in [3.63, 3.8) is 0 Å². The van der Waals surface area contributed by atoms with Crippen LogP contribution in [0.15, 0.2) is 54.6 Å². The van der Waals surface area contributed by atoms with E-state index in [9.17, 15) is 9.59 Å². The van der Waals surface area contributed by atoms with E-state index in [2.05, 4.69) is 22.8 Å². The molecule has 0 saturated heterocycles. The number of carbonyl (C=O) groups excluding carboxylic acids is 2. The number of benzene rings is 2. The van der Waals surface area contributed by atoms with Crippen LogP contribution in [0.2, 0.25) is 0 Å². The molecular weight excluding hydrogens is 344 g/mol. The van der Waals surface area contributed by atoms with Gasteiger partial charge in [0, 0.05) is 25.0 Å². The summed E-state index contributed by atoms with van der Waals surface area (Å²) in [5.74, 6) is 1.61. The van der Waals surface area contributed by atoms with Crippen molar-refractivity contribution in [3.05, 3.63) is 71.3 Å². The Hall–Kier alpha value is -2.27. The lowest BCUT2D eigenvalue weighted by Crippen LogP contribution is -2.33. The van der Waals surface area contributed by atoms with Crippen LogP contribution in [0.1, 0.15) is 36.1 Å². The van der Waals surface area contributed by atoms with Gasteiger partial charge in [0.15, 0.2) is 0 Å². The molecule has 0 aliphatic heterocycles. The fraction of sp³-hybridized carbons (Fsp3) is 0.333. The number of nitrogens with one attached hydrogen (secondary N) is 2. The Morgan fingerprint density at radius 2 is 1.73 bits per heavy atom. The summed E-state index contributed by atoms with van der Waals surface area (Å²) in [6.07, 6.45) is 0.242. The Kier molecular flexibility index (Phi) is 8.22. The molecule has 1 atom stereocenters. The number of carbonyl (C=O) groups is 2. The van der Waals surface area contributed by atoms with Gasteiger partial charge in [-0.15, -0.1) is 0 Å². The maximum Gasteiger partial charge on any atom is 0.222 e. The van der Waals surface area contributed by atoms with Gasteiger partial charge in [-0.05, 0) is 18.1 Å². The van der Waals surface area contributed by atoms with E-state index in [0.717, 1.165) is 22.6 Å². The minimum Gasteiger partial charge on any atom is -0.355 e. The average molecular weight is 371 g/mol. The standard InChI is InChI=1S/C21H26N2O2S/c1-16-8-10-19(11-9-16)20(23-17(2)24)14-21(25)22-12-13-26-15-18-6-4-3-5-7-18/h3-11,20H,12-15H2,1-2H3,(H,22,25)(H,23,24). The molecule has 1 unspecified atom stereocenters. The molecule has 0 fully saturated rings. The van der Waals surface area contributed by atoms with Crippen LogP contribution in [-0.2, 0) is 15.3 Å². The first-order valence-corrected chi connectivity index (χ1v) is 9.92. The van der Waals surface area contributed by atoms with E-state index in [1.54, 1.807) is 11.8 Å². The topological polar surface area (TPSA) is 58.2 Å². The van der Waals surface area contributed by atoms with Crippen molar-refractivity contribution in [1.29, 1.82) is 0 Å². The van der Waals surface area contributed by atoms with Crippen LogP contribution in [0.3, 0.4) is 0 Å². The first kappa shape index (κ1) is 20.0. The molecular formula is C21H26N2O2S. The van der Waals surface area contributed by atoms with E-state index in [1.807, 2.05) is 49.4 Å². The van der Waals surface area contributed by atoms with Crippen LogP contribution in [0, 0.1) is 6.92 Å². The largest absolute Gasteiger partial charge is 0.355 e. The highest BCUT2D eigenvalue weighted by atomic mass is 32.2. The van der Waals surface area contributed by atoms with Crippen molar-refractivity contribution in [2.75, 3.05) is 12.3 Å². The Morgan fingerprint density at radius 3 is 2.38 bits per heavy atom. The summed E-state index contributed by atoms with van der Waals surface area (Å²) < 4.78 is 0. The lowest BCUT2D eigenvalue weighted by atomic mass is 10.0. The van der Waals surface area contributed by atoms with Gasteiger partial charge in [-0.1, -0.05) is 60.2 Å². The van der Waals surface area contributed by atoms with Gasteiger partial charge in [0.1, 0.15) is 0 Å². The predicted molar refractivity (Wildman–Crippen MR) is 108 cm³/mol. The van der Waals surface area contributed by atoms with Gasteiger partial charge in [-0.3, -0.25) is 9.59 Å². The summed E-state index contributed by atoms with van der Waals surface area (Å²) in [5.41, 5.74) is 3.38. The molecule has 0 bridgehead atoms. The molecule has 2 N–H and O–H groups in total. The number of thioether (sulfide) groups is 1. The summed E-state index contributed by atoms with van der Waals surface area (Å²) in [4.78, 5) is 23.7. The van der Waals surface area contributed by atoms with Gasteiger partial charge in [0.25, 0.3) is 0 Å². The molecule has 0 aliphatic carbocycles. The monoisotopic (exact) mass is 370 g/mol. The van der Waals surface area contributed by atoms with E-state index in [0.29, 0.717) is 6.54 Å². The number of aryl methyl sites for hydroxylation is 1. The molecule has 0 saturated carbocycles. The summed E-state index contributed by atoms with van der Waals surface area (Å²) >= 11 is 1.79. The second kappa shape index (κ2) is 10.7. The van der Waals surface area contributed by atoms with Gasteiger partial charge in [0.05, 0.1) is 12.5 Å². The first-order chi connectivity index (χ1) is 12.5. The minimum absolute atomic E-state index is 0.0513. The third-order valence-electron chi connectivity index (χ3n) is 3.93. The SMILES string of the molecule is CC(=O)NC(CC(=O)NCCSCc1ccccc1)c1ccc(C)cc1. The summed E-state index contributed by atoms with van der Waals surface area (Å²) in [5, 5.41) is 5.81. The van der Waals surface area contributed by atoms with Crippen molar-refractivity contribution in [3.8, 4) is 0 Å². The molecule has 0 radical (unpaired) electrons. The fourth-order valence-corrected chi connectivity index (χ4v) is 3.40. The molecule has 2 rings (SSSR count). The van der Waals surface area contributed by atoms with Crippen molar-refractivity contribution in [1.82, 2.24) is 10.6 Å². The zero-order valence-corrected chi connectivity index (χ0v) is 16.1. The first-order valence-electron chi connectivity index (χ1n) is 8.76. The van der Waals surface area contributed by atoms with Crippen LogP contribution in [-0.4, -0.2) is 24.1 Å². The summed E-state index contributed by atoms with van der Waals surface area (Å²) in [6.45, 7) is 4.10. The van der Waals surface area contributed by atoms with Crippen molar-refractivity contribution in [2.24, 2.45) is 0 Å². The highest BCUT2D eigenvalue weighted by molar-refractivity contribution is 7.98. The zero-order chi connectivity index (χ0) is 18.8. The van der Waals surface area contributed by atoms with E-state index in [-0.39, 0.29) is 24.3 Å². The van der Waals surface area contributed by atoms with Crippen molar-refractivity contribution >= 4 is 23.6 Å². The molecule has 26 heavy (non-hydrogen) atoms. The lowest BCUT2D eigenvalue weighted by molar-refractivity contribution is -0.122. The Balaban J connectivity index is 1.76. The molecule has 2 amide bonds. The normalized spacial score (nSPS) is 11.6. The molecule has 0 heterocycles. The van der Waals surface area contributed by atoms with E-state index in [1.165, 1.54) is 12.5 Å². The van der Waals surface area contributed by atoms with E-state index in [4.69, 9.17) is 0 Å². The lowest BCUT2D eigenvalue weighted by Gasteiger charge is -2.18. The van der Waals surface area contributed by atoms with Gasteiger partial charge >= 0.3 is 0 Å². The maximum atomic E-state index is 12.2. The number of amides is 2. The molecule has 0 spiro atoms. The molecule has 0 aromatic heterocycles. The smallest absolute Gasteiger partial charge is 0.222 e. The Morgan fingerprint density at radius 1 is 1.04 bits per heavy atom. The second-order valence-electron chi connectivity index (χ2n) is 6.26. The van der Waals surface area contributed by atoms with Crippen molar-refractivity contribution in [2.45, 2.75) is 32.1 Å². The van der Waals surface area contributed by atoms with Crippen molar-refractivity contribution < 1.29 is 9.59 Å². The fourth-order valence-electron chi connectivity index (χ4n) is 2.58. The maximum absolute atomic E-state index is 12.2. The Bertz CT molecular complexity index is 702. The second-order valence-corrected chi connectivity index (χ2v) is 7.36. The highest BCUT2D eigenvalue weighted by Gasteiger charge is 2.16. The van der Waals surface area contributed by atoms with E-state index < -0.39 is 0 Å². The number of hydrogen-bond acceptors (Lipinski definition) is 3. The van der Waals surface area contributed by atoms with Gasteiger partial charge < -0.3 is 10.6 Å². The van der Waals surface area contributed by atoms with Gasteiger partial charge in [-0.2, -0.15) is 11.8 Å². The van der Waals surface area contributed by atoms with Crippen LogP contribution >= 0.6 is 11.8 Å². The third kappa shape index (κ3) is 7.31. The predicted octanol–water partition coefficient (Wildman–Crippen LogP) is 3.61. The summed E-state index contributed by atoms with van der Waals surface area (Å²) in [7, 11) is 0. The van der Waals surface area contributed by atoms with Crippen LogP contribution in [0.5, 0.6) is 0 Å². The molecule has 2 aromatic carbocycles. The molecule has 4 nitrogen and oxygen atoms in total. The molecule has 5 heteroatoms. The van der Waals surface area contributed by atoms with Gasteiger partial charge in [0.2, 0.25) is 11.8 Å². The quantitative estimate of drug-likeness (QED) is 0.663. The van der Waals surface area contributed by atoms with Crippen LogP contribution in [0.4, 0.5) is 0 Å². The highest BCUT2D eigenvalue weighted by Crippen LogP contribution is 2.17. The zero-order valence-electron chi connectivity index (χ0n) is 15.3. The Labute approximate surface area is 159 Å². The van der Waals surface area contributed by atoms with Crippen LogP contribution < -0.4 is 10.6 Å². The van der Waals surface area contributed by atoms with E-state index >= 15 is 0 Å². The number of rotatable bonds is 9. The average Bonchev–Trinajstić information content (AvgIpc) is 2.62. The third-order valence-corrected chi connectivity index (χ3v) is 4.96. The summed E-state index contributed by atoms with van der Waals surface area (Å²) in [6, 6.07) is 17.9. The minimum atomic E-state index is -0.301. The molecule has 2 aromatic rings. The molecule has 0 aliphatic rings. The van der Waals surface area contributed by atoms with Crippen LogP contribution in [0.25, 0.3) is 0 Å². The van der Waals surface area contributed by atoms with Gasteiger partial charge in [-0.25, -0.2) is 0 Å². The number of hydrogen-bond donors (Lipinski definition) is 2. The molecule has 138 valence electrons.